The van der Waals surface area contributed by atoms with Crippen LogP contribution in [0.3, 0.4) is 0 Å². The van der Waals surface area contributed by atoms with Crippen LogP contribution in [0.4, 0.5) is 5.69 Å². The van der Waals surface area contributed by atoms with E-state index in [0.29, 0.717) is 18.7 Å². The van der Waals surface area contributed by atoms with Crippen molar-refractivity contribution < 1.29 is 18.3 Å². The number of carbonyl (C=O) groups excluding carboxylic acids is 1. The van der Waals surface area contributed by atoms with Crippen molar-refractivity contribution >= 4 is 34.0 Å². The molecule has 4 N–H and O–H groups in total. The minimum absolute atomic E-state index is 0. The van der Waals surface area contributed by atoms with Crippen LogP contribution < -0.4 is 15.4 Å². The normalized spacial score (nSPS) is 21.6. The molecule has 0 radical (unpaired) electrons. The number of halogens is 1. The Morgan fingerprint density at radius 1 is 1.43 bits per heavy atom. The first-order chi connectivity index (χ1) is 9.42. The summed E-state index contributed by atoms with van der Waals surface area (Å²) in [4.78, 5) is 12.0. The standard InChI is InChI=1S/C12H17N3O4S.ClH/c1-13-20(18,19)10-4-2-3-8(5-10)15-12(17)11-6-9(16)7-14-11;/h2-5,9,11,13-14,16H,6-7H2,1H3,(H,15,17);1H. The Labute approximate surface area is 129 Å². The fourth-order valence-electron chi connectivity index (χ4n) is 2.01. The molecule has 0 aromatic heterocycles. The molecule has 7 nitrogen and oxygen atoms in total. The zero-order valence-corrected chi connectivity index (χ0v) is 13.0. The summed E-state index contributed by atoms with van der Waals surface area (Å²) in [5, 5.41) is 14.9. The molecule has 2 unspecified atom stereocenters. The lowest BCUT2D eigenvalue weighted by atomic mass is 10.2. The number of nitrogens with one attached hydrogen (secondary N) is 3. The van der Waals surface area contributed by atoms with E-state index in [4.69, 9.17) is 0 Å². The molecule has 1 saturated heterocycles. The summed E-state index contributed by atoms with van der Waals surface area (Å²) in [6.45, 7) is 0.381. The number of benzene rings is 1. The van der Waals surface area contributed by atoms with E-state index in [0.717, 1.165) is 0 Å². The van der Waals surface area contributed by atoms with Gasteiger partial charge in [0, 0.05) is 12.2 Å². The molecule has 1 amide bonds. The Balaban J connectivity index is 0.00000220. The number of carbonyl (C=O) groups is 1. The number of aliphatic hydroxyl groups is 1. The molecule has 2 atom stereocenters. The smallest absolute Gasteiger partial charge is 0.241 e. The lowest BCUT2D eigenvalue weighted by Crippen LogP contribution is -2.35. The third kappa shape index (κ3) is 4.39. The van der Waals surface area contributed by atoms with Crippen LogP contribution in [0.1, 0.15) is 6.42 Å². The first-order valence-electron chi connectivity index (χ1n) is 6.18. The van der Waals surface area contributed by atoms with Gasteiger partial charge < -0.3 is 15.7 Å². The summed E-state index contributed by atoms with van der Waals surface area (Å²) >= 11 is 0. The van der Waals surface area contributed by atoms with Gasteiger partial charge >= 0.3 is 0 Å². The fraction of sp³-hybridized carbons (Fsp3) is 0.417. The van der Waals surface area contributed by atoms with E-state index in [2.05, 4.69) is 15.4 Å². The van der Waals surface area contributed by atoms with E-state index < -0.39 is 22.2 Å². The third-order valence-corrected chi connectivity index (χ3v) is 4.52. The molecule has 1 fully saturated rings. The number of anilines is 1. The van der Waals surface area contributed by atoms with Gasteiger partial charge in [0.15, 0.2) is 0 Å². The van der Waals surface area contributed by atoms with Gasteiger partial charge in [0.1, 0.15) is 0 Å². The van der Waals surface area contributed by atoms with E-state index in [-0.39, 0.29) is 23.2 Å². The van der Waals surface area contributed by atoms with Crippen molar-refractivity contribution in [2.75, 3.05) is 18.9 Å². The maximum atomic E-state index is 11.9. The maximum absolute atomic E-state index is 11.9. The molecule has 0 bridgehead atoms. The predicted molar refractivity (Wildman–Crippen MR) is 81.0 cm³/mol. The number of aliphatic hydroxyl groups excluding tert-OH is 1. The Hall–Kier alpha value is -1.19. The molecular formula is C12H18ClN3O4S. The molecule has 0 saturated carbocycles. The Kier molecular flexibility index (Phi) is 6.11. The highest BCUT2D eigenvalue weighted by atomic mass is 35.5. The van der Waals surface area contributed by atoms with Gasteiger partial charge in [-0.1, -0.05) is 6.07 Å². The van der Waals surface area contributed by atoms with Crippen LogP contribution in [-0.4, -0.2) is 45.2 Å². The zero-order chi connectivity index (χ0) is 14.8. The number of hydrogen-bond acceptors (Lipinski definition) is 5. The molecule has 1 heterocycles. The fourth-order valence-corrected chi connectivity index (χ4v) is 2.78. The first-order valence-corrected chi connectivity index (χ1v) is 7.66. The minimum atomic E-state index is -3.54. The van der Waals surface area contributed by atoms with Gasteiger partial charge in [0.25, 0.3) is 0 Å². The van der Waals surface area contributed by atoms with Gasteiger partial charge in [-0.25, -0.2) is 13.1 Å². The van der Waals surface area contributed by atoms with E-state index in [1.165, 1.54) is 19.2 Å². The minimum Gasteiger partial charge on any atom is -0.392 e. The van der Waals surface area contributed by atoms with Crippen molar-refractivity contribution in [1.82, 2.24) is 10.0 Å². The SMILES string of the molecule is CNS(=O)(=O)c1cccc(NC(=O)C2CC(O)CN2)c1.Cl. The summed E-state index contributed by atoms with van der Waals surface area (Å²) in [7, 11) is -2.22. The first kappa shape index (κ1) is 17.9. The molecule has 1 aromatic carbocycles. The highest BCUT2D eigenvalue weighted by molar-refractivity contribution is 7.89. The molecule has 1 aliphatic rings. The van der Waals surface area contributed by atoms with Crippen molar-refractivity contribution in [3.8, 4) is 0 Å². The Bertz CT molecular complexity index is 608. The third-order valence-electron chi connectivity index (χ3n) is 3.10. The molecule has 118 valence electrons. The highest BCUT2D eigenvalue weighted by Crippen LogP contribution is 2.16. The van der Waals surface area contributed by atoms with Crippen LogP contribution in [0, 0.1) is 0 Å². The summed E-state index contributed by atoms with van der Waals surface area (Å²) < 4.78 is 25.6. The quantitative estimate of drug-likeness (QED) is 0.603. The van der Waals surface area contributed by atoms with E-state index >= 15 is 0 Å². The van der Waals surface area contributed by atoms with Crippen LogP contribution in [0.2, 0.25) is 0 Å². The van der Waals surface area contributed by atoms with Crippen molar-refractivity contribution in [2.24, 2.45) is 0 Å². The second kappa shape index (κ2) is 7.19. The number of rotatable bonds is 4. The van der Waals surface area contributed by atoms with Crippen molar-refractivity contribution in [1.29, 1.82) is 0 Å². The Morgan fingerprint density at radius 2 is 2.14 bits per heavy atom. The maximum Gasteiger partial charge on any atom is 0.241 e. The zero-order valence-electron chi connectivity index (χ0n) is 11.4. The Morgan fingerprint density at radius 3 is 2.71 bits per heavy atom. The van der Waals surface area contributed by atoms with Gasteiger partial charge in [-0.05, 0) is 31.7 Å². The second-order valence-electron chi connectivity index (χ2n) is 4.58. The van der Waals surface area contributed by atoms with Gasteiger partial charge in [-0.2, -0.15) is 0 Å². The molecule has 1 aromatic rings. The van der Waals surface area contributed by atoms with E-state index in [1.54, 1.807) is 12.1 Å². The average Bonchev–Trinajstić information content (AvgIpc) is 2.86. The van der Waals surface area contributed by atoms with Crippen molar-refractivity contribution in [3.63, 3.8) is 0 Å². The molecule has 9 heteroatoms. The lowest BCUT2D eigenvalue weighted by molar-refractivity contribution is -0.117. The number of hydrogen-bond donors (Lipinski definition) is 4. The largest absolute Gasteiger partial charge is 0.392 e. The van der Waals surface area contributed by atoms with Crippen LogP contribution in [-0.2, 0) is 14.8 Å². The average molecular weight is 336 g/mol. The predicted octanol–water partition coefficient (Wildman–Crippen LogP) is -0.322. The second-order valence-corrected chi connectivity index (χ2v) is 6.46. The highest BCUT2D eigenvalue weighted by Gasteiger charge is 2.28. The number of amides is 1. The van der Waals surface area contributed by atoms with Gasteiger partial charge in [-0.3, -0.25) is 4.79 Å². The topological polar surface area (TPSA) is 108 Å². The van der Waals surface area contributed by atoms with Gasteiger partial charge in [0.2, 0.25) is 15.9 Å². The van der Waals surface area contributed by atoms with Crippen LogP contribution in [0.15, 0.2) is 29.2 Å². The molecule has 0 spiro atoms. The van der Waals surface area contributed by atoms with Gasteiger partial charge in [0.05, 0.1) is 17.0 Å². The molecule has 2 rings (SSSR count). The molecular weight excluding hydrogens is 318 g/mol. The van der Waals surface area contributed by atoms with Crippen LogP contribution >= 0.6 is 12.4 Å². The summed E-state index contributed by atoms with van der Waals surface area (Å²) in [5.41, 5.74) is 0.398. The van der Waals surface area contributed by atoms with Crippen LogP contribution in [0.5, 0.6) is 0 Å². The molecule has 1 aliphatic heterocycles. The molecule has 0 aliphatic carbocycles. The molecule has 21 heavy (non-hydrogen) atoms. The van der Waals surface area contributed by atoms with E-state index in [1.807, 2.05) is 0 Å². The number of sulfonamides is 1. The van der Waals surface area contributed by atoms with Crippen LogP contribution in [0.25, 0.3) is 0 Å². The summed E-state index contributed by atoms with van der Waals surface area (Å²) in [6.07, 6.45) is -0.179. The number of β-amino-alcohol motifs (C(OH)–C–C–N with tert-alkyl or cyclic N) is 1. The summed E-state index contributed by atoms with van der Waals surface area (Å²) in [6, 6.07) is 5.53. The monoisotopic (exact) mass is 335 g/mol. The summed E-state index contributed by atoms with van der Waals surface area (Å²) in [5.74, 6) is -0.291. The van der Waals surface area contributed by atoms with E-state index in [9.17, 15) is 18.3 Å². The lowest BCUT2D eigenvalue weighted by Gasteiger charge is -2.12. The van der Waals surface area contributed by atoms with Crippen molar-refractivity contribution in [3.05, 3.63) is 24.3 Å². The van der Waals surface area contributed by atoms with Crippen molar-refractivity contribution in [2.45, 2.75) is 23.5 Å². The van der Waals surface area contributed by atoms with Gasteiger partial charge in [-0.15, -0.1) is 12.4 Å².